The maximum atomic E-state index is 5.93. The van der Waals surface area contributed by atoms with E-state index in [1.807, 2.05) is 6.26 Å². The molecule has 104 valence electrons. The van der Waals surface area contributed by atoms with Gasteiger partial charge in [0.2, 0.25) is 0 Å². The van der Waals surface area contributed by atoms with E-state index in [9.17, 15) is 0 Å². The van der Waals surface area contributed by atoms with E-state index in [2.05, 4.69) is 43.0 Å². The number of hydrogen-bond acceptors (Lipinski definition) is 2. The molecule has 0 radical (unpaired) electrons. The van der Waals surface area contributed by atoms with E-state index in [0.717, 1.165) is 19.4 Å². The molecule has 0 amide bonds. The summed E-state index contributed by atoms with van der Waals surface area (Å²) in [5, 5.41) is 0. The van der Waals surface area contributed by atoms with Crippen LogP contribution in [0.4, 0.5) is 0 Å². The topological polar surface area (TPSA) is 22.4 Å². The maximum absolute atomic E-state index is 5.93. The molecule has 1 fully saturated rings. The van der Waals surface area contributed by atoms with E-state index >= 15 is 0 Å². The van der Waals surface area contributed by atoms with Gasteiger partial charge >= 0.3 is 126 Å². The van der Waals surface area contributed by atoms with E-state index in [4.69, 9.17) is 9.15 Å². The van der Waals surface area contributed by atoms with E-state index in [1.54, 1.807) is 6.26 Å². The zero-order valence-electron chi connectivity index (χ0n) is 11.3. The summed E-state index contributed by atoms with van der Waals surface area (Å²) in [6.07, 6.45) is 5.91. The second kappa shape index (κ2) is 6.45. The fourth-order valence-corrected chi connectivity index (χ4v) is 5.09. The molecule has 1 aliphatic heterocycles. The summed E-state index contributed by atoms with van der Waals surface area (Å²) in [4.78, 5) is 0.529. The van der Waals surface area contributed by atoms with Crippen LogP contribution in [0.5, 0.6) is 0 Å². The van der Waals surface area contributed by atoms with Gasteiger partial charge < -0.3 is 0 Å². The number of ether oxygens (including phenoxy) is 1. The van der Waals surface area contributed by atoms with Crippen molar-refractivity contribution in [2.24, 2.45) is 0 Å². The van der Waals surface area contributed by atoms with Crippen LogP contribution in [-0.4, -0.2) is 27.7 Å². The van der Waals surface area contributed by atoms with Gasteiger partial charge in [0.1, 0.15) is 0 Å². The minimum atomic E-state index is 0.303. The van der Waals surface area contributed by atoms with Crippen LogP contribution in [0.25, 0.3) is 0 Å². The molecule has 2 atom stereocenters. The molecule has 20 heavy (non-hydrogen) atoms. The van der Waals surface area contributed by atoms with Crippen molar-refractivity contribution in [3.8, 4) is 0 Å². The molecular weight excluding hydrogens is 315 g/mol. The van der Waals surface area contributed by atoms with Crippen molar-refractivity contribution in [2.75, 3.05) is 6.61 Å². The Morgan fingerprint density at radius 2 is 2.10 bits per heavy atom. The summed E-state index contributed by atoms with van der Waals surface area (Å²) in [5.41, 5.74) is 2.48. The second-order valence-corrected chi connectivity index (χ2v) is 7.86. The Labute approximate surface area is 126 Å². The van der Waals surface area contributed by atoms with Gasteiger partial charge in [0.25, 0.3) is 0 Å². The molecule has 1 aromatic heterocycles. The van der Waals surface area contributed by atoms with Crippen LogP contribution in [0.3, 0.4) is 0 Å². The molecule has 1 saturated heterocycles. The van der Waals surface area contributed by atoms with Crippen LogP contribution >= 0.6 is 0 Å². The molecule has 0 saturated carbocycles. The quantitative estimate of drug-likeness (QED) is 0.620. The second-order valence-electron chi connectivity index (χ2n) is 5.11. The van der Waals surface area contributed by atoms with E-state index in [1.165, 1.54) is 15.6 Å². The molecule has 0 spiro atoms. The van der Waals surface area contributed by atoms with Crippen LogP contribution in [-0.2, 0) is 11.2 Å². The van der Waals surface area contributed by atoms with E-state index in [-0.39, 0.29) is 0 Å². The average molecular weight is 333 g/mol. The van der Waals surface area contributed by atoms with Crippen molar-refractivity contribution in [3.63, 3.8) is 0 Å². The number of furan rings is 1. The predicted octanol–water partition coefficient (Wildman–Crippen LogP) is 2.99. The summed E-state index contributed by atoms with van der Waals surface area (Å²) in [6.45, 7) is 4.77. The summed E-state index contributed by atoms with van der Waals surface area (Å²) < 4.78 is 12.6. The van der Waals surface area contributed by atoms with Gasteiger partial charge in [0, 0.05) is 0 Å². The molecule has 0 bridgehead atoms. The van der Waals surface area contributed by atoms with Gasteiger partial charge in [-0.1, -0.05) is 0 Å². The Bertz CT molecular complexity index is 548. The van der Waals surface area contributed by atoms with Crippen LogP contribution in [0.1, 0.15) is 12.0 Å². The van der Waals surface area contributed by atoms with Crippen molar-refractivity contribution >= 4 is 19.4 Å². The van der Waals surface area contributed by atoms with Crippen LogP contribution in [0.15, 0.2) is 65.5 Å². The Morgan fingerprint density at radius 3 is 2.75 bits per heavy atom. The third kappa shape index (κ3) is 3.43. The fraction of sp³-hybridized carbons (Fsp3) is 0.294. The summed E-state index contributed by atoms with van der Waals surface area (Å²) in [5.74, 6) is 0. The van der Waals surface area contributed by atoms with Gasteiger partial charge in [-0.05, 0) is 0 Å². The molecule has 2 aromatic rings. The Morgan fingerprint density at radius 1 is 1.25 bits per heavy atom. The van der Waals surface area contributed by atoms with Crippen molar-refractivity contribution in [3.05, 3.63) is 66.6 Å². The fourth-order valence-electron chi connectivity index (χ4n) is 2.43. The number of hydrogen-bond donors (Lipinski definition) is 0. The van der Waals surface area contributed by atoms with E-state index in [0.29, 0.717) is 25.9 Å². The molecule has 0 unspecified atom stereocenters. The SMILES string of the molecule is C=C1CO[C@@H]([C@@H](Cc2ccoc2)[Se]c2ccccc2)C1. The standard InChI is InChI=1S/C17H18O2Se/c1-13-9-16(19-11-13)17(10-14-7-8-18-12-14)20-15-5-3-2-4-6-15/h2-8,12,16-17H,1,9-11H2/t16-,17-/m1/s1. The zero-order valence-corrected chi connectivity index (χ0v) is 13.0. The first-order valence-corrected chi connectivity index (χ1v) is 8.67. The van der Waals surface area contributed by atoms with Gasteiger partial charge in [0.05, 0.1) is 0 Å². The molecule has 1 aromatic carbocycles. The average Bonchev–Trinajstić information content (AvgIpc) is 3.11. The van der Waals surface area contributed by atoms with Crippen molar-refractivity contribution in [2.45, 2.75) is 23.8 Å². The molecule has 3 rings (SSSR count). The molecular formula is C17H18O2Se. The van der Waals surface area contributed by atoms with Crippen LogP contribution in [0.2, 0.25) is 4.82 Å². The first-order chi connectivity index (χ1) is 9.81. The normalized spacial score (nSPS) is 20.2. The minimum absolute atomic E-state index is 0.303. The number of rotatable bonds is 5. The Hall–Kier alpha value is -1.28. The Balaban J connectivity index is 1.74. The van der Waals surface area contributed by atoms with Gasteiger partial charge in [0.15, 0.2) is 0 Å². The van der Waals surface area contributed by atoms with E-state index < -0.39 is 0 Å². The monoisotopic (exact) mass is 334 g/mol. The van der Waals surface area contributed by atoms with Crippen LogP contribution < -0.4 is 4.46 Å². The third-order valence-corrected chi connectivity index (χ3v) is 6.22. The van der Waals surface area contributed by atoms with Crippen molar-refractivity contribution < 1.29 is 9.15 Å². The van der Waals surface area contributed by atoms with Gasteiger partial charge in [-0.3, -0.25) is 0 Å². The van der Waals surface area contributed by atoms with Crippen LogP contribution in [0, 0.1) is 0 Å². The van der Waals surface area contributed by atoms with Gasteiger partial charge in [-0.15, -0.1) is 0 Å². The third-order valence-electron chi connectivity index (χ3n) is 3.45. The first-order valence-electron chi connectivity index (χ1n) is 6.82. The van der Waals surface area contributed by atoms with Crippen molar-refractivity contribution in [1.29, 1.82) is 0 Å². The van der Waals surface area contributed by atoms with Crippen molar-refractivity contribution in [1.82, 2.24) is 0 Å². The molecule has 0 N–H and O–H groups in total. The molecule has 3 heteroatoms. The summed E-state index contributed by atoms with van der Waals surface area (Å²) in [6, 6.07) is 12.8. The van der Waals surface area contributed by atoms with Gasteiger partial charge in [-0.25, -0.2) is 0 Å². The summed E-state index contributed by atoms with van der Waals surface area (Å²) in [7, 11) is 0. The molecule has 2 nitrogen and oxygen atoms in total. The number of benzene rings is 1. The predicted molar refractivity (Wildman–Crippen MR) is 81.5 cm³/mol. The molecule has 0 aliphatic carbocycles. The summed E-state index contributed by atoms with van der Waals surface area (Å²) >= 11 is 0.397. The van der Waals surface area contributed by atoms with Gasteiger partial charge in [-0.2, -0.15) is 0 Å². The Kier molecular flexibility index (Phi) is 4.41. The molecule has 1 aliphatic rings. The first kappa shape index (κ1) is 13.7. The zero-order chi connectivity index (χ0) is 13.8. The molecule has 2 heterocycles.